The van der Waals surface area contributed by atoms with Crippen LogP contribution in [-0.2, 0) is 9.59 Å². The third kappa shape index (κ3) is 5.20. The SMILES string of the molecule is Bc1ccccc1C(=O)N1CCN(C(=O)CC(=O)N(C)c2ccc(-c3ccccc3)cc2)CC1. The molecule has 0 spiro atoms. The Kier molecular flexibility index (Phi) is 7.11. The number of carbonyl (C=O) groups is 3. The number of rotatable bonds is 5. The predicted molar refractivity (Wildman–Crippen MR) is 137 cm³/mol. The summed E-state index contributed by atoms with van der Waals surface area (Å²) in [4.78, 5) is 43.3. The number of hydrogen-bond donors (Lipinski definition) is 0. The Balaban J connectivity index is 1.30. The van der Waals surface area contributed by atoms with E-state index in [0.29, 0.717) is 31.7 Å². The van der Waals surface area contributed by atoms with Crippen LogP contribution in [0.5, 0.6) is 0 Å². The molecular weight excluding hydrogens is 425 g/mol. The maximum atomic E-state index is 12.8. The van der Waals surface area contributed by atoms with E-state index in [0.717, 1.165) is 22.3 Å². The first-order valence-corrected chi connectivity index (χ1v) is 11.5. The second-order valence-corrected chi connectivity index (χ2v) is 8.53. The fraction of sp³-hybridized carbons (Fsp3) is 0.222. The van der Waals surface area contributed by atoms with E-state index in [-0.39, 0.29) is 24.1 Å². The maximum absolute atomic E-state index is 12.8. The molecular formula is C27H28BN3O3. The van der Waals surface area contributed by atoms with Gasteiger partial charge in [-0.2, -0.15) is 0 Å². The molecule has 0 aromatic heterocycles. The predicted octanol–water partition coefficient (Wildman–Crippen LogP) is 1.95. The Labute approximate surface area is 201 Å². The molecule has 7 heteroatoms. The number of piperazine rings is 1. The third-order valence-electron chi connectivity index (χ3n) is 6.33. The maximum Gasteiger partial charge on any atom is 0.253 e. The minimum absolute atomic E-state index is 0.0139. The zero-order valence-corrected chi connectivity index (χ0v) is 19.6. The molecule has 0 bridgehead atoms. The van der Waals surface area contributed by atoms with Crippen LogP contribution in [-0.4, -0.2) is 68.6 Å². The lowest BCUT2D eigenvalue weighted by molar-refractivity contribution is -0.136. The minimum Gasteiger partial charge on any atom is -0.339 e. The number of amides is 3. The number of benzene rings is 3. The minimum atomic E-state index is -0.254. The van der Waals surface area contributed by atoms with Gasteiger partial charge in [0.1, 0.15) is 14.3 Å². The molecule has 0 N–H and O–H groups in total. The summed E-state index contributed by atoms with van der Waals surface area (Å²) in [5.41, 5.74) is 4.55. The highest BCUT2D eigenvalue weighted by Crippen LogP contribution is 2.23. The number of nitrogens with zero attached hydrogens (tertiary/aromatic N) is 3. The van der Waals surface area contributed by atoms with E-state index in [2.05, 4.69) is 0 Å². The molecule has 6 nitrogen and oxygen atoms in total. The smallest absolute Gasteiger partial charge is 0.253 e. The van der Waals surface area contributed by atoms with Crippen LogP contribution in [0.25, 0.3) is 11.1 Å². The first-order valence-electron chi connectivity index (χ1n) is 11.5. The van der Waals surface area contributed by atoms with Crippen LogP contribution in [0.4, 0.5) is 5.69 Å². The summed E-state index contributed by atoms with van der Waals surface area (Å²) in [6.07, 6.45) is -0.192. The molecule has 0 aliphatic carbocycles. The molecule has 3 aromatic carbocycles. The van der Waals surface area contributed by atoms with Gasteiger partial charge in [-0.25, -0.2) is 0 Å². The summed E-state index contributed by atoms with van der Waals surface area (Å²) in [6, 6.07) is 25.3. The monoisotopic (exact) mass is 453 g/mol. The summed E-state index contributed by atoms with van der Waals surface area (Å²) in [5.74, 6) is -0.475. The lowest BCUT2D eigenvalue weighted by Crippen LogP contribution is -2.51. The molecule has 1 aliphatic heterocycles. The van der Waals surface area contributed by atoms with Crippen molar-refractivity contribution in [3.05, 3.63) is 84.4 Å². The van der Waals surface area contributed by atoms with Crippen molar-refractivity contribution in [2.24, 2.45) is 0 Å². The molecule has 1 heterocycles. The molecule has 0 unspecified atom stereocenters. The lowest BCUT2D eigenvalue weighted by atomic mass is 9.90. The van der Waals surface area contributed by atoms with E-state index in [1.54, 1.807) is 16.8 Å². The van der Waals surface area contributed by atoms with E-state index in [9.17, 15) is 14.4 Å². The van der Waals surface area contributed by atoms with Crippen molar-refractivity contribution in [2.45, 2.75) is 6.42 Å². The average Bonchev–Trinajstić information content (AvgIpc) is 2.89. The van der Waals surface area contributed by atoms with Gasteiger partial charge in [-0.05, 0) is 23.3 Å². The highest BCUT2D eigenvalue weighted by Gasteiger charge is 2.27. The van der Waals surface area contributed by atoms with Gasteiger partial charge < -0.3 is 14.7 Å². The number of hydrogen-bond acceptors (Lipinski definition) is 3. The number of anilines is 1. The van der Waals surface area contributed by atoms with Crippen LogP contribution >= 0.6 is 0 Å². The molecule has 0 radical (unpaired) electrons. The summed E-state index contributed by atoms with van der Waals surface area (Å²) in [5, 5.41) is 0. The van der Waals surface area contributed by atoms with Gasteiger partial charge >= 0.3 is 0 Å². The van der Waals surface area contributed by atoms with Gasteiger partial charge in [-0.15, -0.1) is 0 Å². The van der Waals surface area contributed by atoms with Crippen molar-refractivity contribution in [1.82, 2.24) is 9.80 Å². The Bertz CT molecular complexity index is 1170. The van der Waals surface area contributed by atoms with Crippen molar-refractivity contribution >= 4 is 36.7 Å². The topological polar surface area (TPSA) is 60.9 Å². The Morgan fingerprint density at radius 3 is 1.97 bits per heavy atom. The first-order chi connectivity index (χ1) is 16.4. The summed E-state index contributed by atoms with van der Waals surface area (Å²) in [7, 11) is 3.61. The molecule has 1 aliphatic rings. The van der Waals surface area contributed by atoms with Gasteiger partial charge in [0.05, 0.1) is 0 Å². The number of carbonyl (C=O) groups excluding carboxylic acids is 3. The molecule has 0 saturated carbocycles. The van der Waals surface area contributed by atoms with Crippen molar-refractivity contribution < 1.29 is 14.4 Å². The van der Waals surface area contributed by atoms with Crippen LogP contribution in [0.15, 0.2) is 78.9 Å². The molecule has 1 saturated heterocycles. The zero-order chi connectivity index (χ0) is 24.1. The van der Waals surface area contributed by atoms with E-state index < -0.39 is 0 Å². The van der Waals surface area contributed by atoms with E-state index in [4.69, 9.17) is 0 Å². The van der Waals surface area contributed by atoms with E-state index in [1.165, 1.54) is 4.90 Å². The molecule has 3 aromatic rings. The molecule has 172 valence electrons. The second-order valence-electron chi connectivity index (χ2n) is 8.53. The zero-order valence-electron chi connectivity index (χ0n) is 19.6. The first kappa shape index (κ1) is 23.3. The van der Waals surface area contributed by atoms with Gasteiger partial charge in [0.2, 0.25) is 11.8 Å². The van der Waals surface area contributed by atoms with Crippen molar-refractivity contribution in [3.63, 3.8) is 0 Å². The van der Waals surface area contributed by atoms with Crippen LogP contribution in [0.3, 0.4) is 0 Å². The third-order valence-corrected chi connectivity index (χ3v) is 6.33. The molecule has 4 rings (SSSR count). The fourth-order valence-corrected chi connectivity index (χ4v) is 4.15. The highest BCUT2D eigenvalue weighted by atomic mass is 16.2. The largest absolute Gasteiger partial charge is 0.339 e. The fourth-order valence-electron chi connectivity index (χ4n) is 4.15. The quantitative estimate of drug-likeness (QED) is 0.439. The van der Waals surface area contributed by atoms with Gasteiger partial charge in [-0.1, -0.05) is 72.2 Å². The standard InChI is InChI=1S/C27H28BN3O3/c1-29(22-13-11-21(12-14-22)20-7-3-2-4-8-20)25(32)19-26(33)30-15-17-31(18-16-30)27(34)23-9-5-6-10-24(23)28/h2-14H,15-19,28H2,1H3. The second kappa shape index (κ2) is 10.4. The van der Waals surface area contributed by atoms with Crippen LogP contribution in [0, 0.1) is 0 Å². The molecule has 0 atom stereocenters. The highest BCUT2D eigenvalue weighted by molar-refractivity contribution is 6.36. The van der Waals surface area contributed by atoms with Crippen LogP contribution in [0.1, 0.15) is 16.8 Å². The lowest BCUT2D eigenvalue weighted by Gasteiger charge is -2.35. The Hall–Kier alpha value is -3.87. The van der Waals surface area contributed by atoms with E-state index >= 15 is 0 Å². The normalized spacial score (nSPS) is 13.4. The van der Waals surface area contributed by atoms with Crippen molar-refractivity contribution in [2.75, 3.05) is 38.1 Å². The Morgan fingerprint density at radius 1 is 0.765 bits per heavy atom. The average molecular weight is 453 g/mol. The van der Waals surface area contributed by atoms with Crippen molar-refractivity contribution in [3.8, 4) is 11.1 Å². The Morgan fingerprint density at radius 2 is 1.32 bits per heavy atom. The summed E-state index contributed by atoms with van der Waals surface area (Å²) in [6.45, 7) is 1.78. The van der Waals surface area contributed by atoms with Crippen LogP contribution < -0.4 is 10.4 Å². The molecule has 1 fully saturated rings. The van der Waals surface area contributed by atoms with Crippen LogP contribution in [0.2, 0.25) is 0 Å². The van der Waals surface area contributed by atoms with Gasteiger partial charge in [0, 0.05) is 44.5 Å². The van der Waals surface area contributed by atoms with E-state index in [1.807, 2.05) is 86.7 Å². The van der Waals surface area contributed by atoms with Gasteiger partial charge in [-0.3, -0.25) is 14.4 Å². The molecule has 3 amide bonds. The molecule has 34 heavy (non-hydrogen) atoms. The summed E-state index contributed by atoms with van der Waals surface area (Å²) >= 11 is 0. The summed E-state index contributed by atoms with van der Waals surface area (Å²) < 4.78 is 0. The van der Waals surface area contributed by atoms with Gasteiger partial charge in [0.25, 0.3) is 5.91 Å². The van der Waals surface area contributed by atoms with Crippen molar-refractivity contribution in [1.29, 1.82) is 0 Å². The van der Waals surface area contributed by atoms with Gasteiger partial charge in [0.15, 0.2) is 0 Å².